The molecule has 0 fully saturated rings. The van der Waals surface area contributed by atoms with Crippen LogP contribution in [0.5, 0.6) is 0 Å². The lowest BCUT2D eigenvalue weighted by atomic mass is 10.2. The van der Waals surface area contributed by atoms with Crippen molar-refractivity contribution in [3.63, 3.8) is 0 Å². The third-order valence-electron chi connectivity index (χ3n) is 1.14. The van der Waals surface area contributed by atoms with Crippen molar-refractivity contribution in [2.75, 3.05) is 13.2 Å². The van der Waals surface area contributed by atoms with E-state index in [1.54, 1.807) is 6.92 Å². The van der Waals surface area contributed by atoms with Crippen LogP contribution in [0.4, 0.5) is 0 Å². The molecule has 0 aromatic heterocycles. The van der Waals surface area contributed by atoms with Crippen LogP contribution in [-0.4, -0.2) is 35.4 Å². The second kappa shape index (κ2) is 5.54. The molecular weight excluding hydrogens is 164 g/mol. The van der Waals surface area contributed by atoms with E-state index in [0.29, 0.717) is 0 Å². The predicted molar refractivity (Wildman–Crippen MR) is 39.5 cm³/mol. The molecule has 0 rings (SSSR count). The van der Waals surface area contributed by atoms with E-state index in [1.807, 2.05) is 0 Å². The van der Waals surface area contributed by atoms with Gasteiger partial charge >= 0.3 is 11.9 Å². The molecule has 0 bridgehead atoms. The molecule has 1 atom stereocenters. The highest BCUT2D eigenvalue weighted by Gasteiger charge is 2.10. The van der Waals surface area contributed by atoms with Gasteiger partial charge in [0.1, 0.15) is 6.42 Å². The maximum atomic E-state index is 10.6. The fourth-order valence-corrected chi connectivity index (χ4v) is 0.462. The average Bonchev–Trinajstić information content (AvgIpc) is 1.99. The molecule has 5 heteroatoms. The minimum atomic E-state index is -1.21. The number of hydrogen-bond acceptors (Lipinski definition) is 4. The summed E-state index contributed by atoms with van der Waals surface area (Å²) in [4.78, 5) is 20.6. The molecule has 0 heterocycles. The van der Waals surface area contributed by atoms with Crippen LogP contribution in [0.15, 0.2) is 0 Å². The molecule has 0 amide bonds. The monoisotopic (exact) mass is 176 g/mol. The van der Waals surface area contributed by atoms with Gasteiger partial charge in [-0.3, -0.25) is 9.59 Å². The van der Waals surface area contributed by atoms with Gasteiger partial charge in [0.25, 0.3) is 0 Å². The molecule has 0 aliphatic rings. The van der Waals surface area contributed by atoms with Crippen molar-refractivity contribution >= 4 is 11.9 Å². The van der Waals surface area contributed by atoms with Crippen LogP contribution in [0.2, 0.25) is 0 Å². The van der Waals surface area contributed by atoms with Gasteiger partial charge in [-0.25, -0.2) is 0 Å². The van der Waals surface area contributed by atoms with Gasteiger partial charge in [-0.05, 0) is 0 Å². The van der Waals surface area contributed by atoms with E-state index in [2.05, 4.69) is 4.74 Å². The van der Waals surface area contributed by atoms with Gasteiger partial charge < -0.3 is 14.9 Å². The van der Waals surface area contributed by atoms with Crippen molar-refractivity contribution in [2.24, 2.45) is 5.92 Å². The van der Waals surface area contributed by atoms with Crippen molar-refractivity contribution in [3.05, 3.63) is 0 Å². The topological polar surface area (TPSA) is 83.8 Å². The molecule has 0 aromatic rings. The summed E-state index contributed by atoms with van der Waals surface area (Å²) < 4.78 is 4.53. The van der Waals surface area contributed by atoms with E-state index >= 15 is 0 Å². The lowest BCUT2D eigenvalue weighted by Gasteiger charge is -2.07. The Bertz CT molecular complexity index is 165. The zero-order chi connectivity index (χ0) is 9.56. The second-order valence-electron chi connectivity index (χ2n) is 2.54. The Kier molecular flexibility index (Phi) is 5.03. The molecule has 0 aliphatic heterocycles. The Balaban J connectivity index is 3.50. The molecule has 0 aromatic carbocycles. The van der Waals surface area contributed by atoms with Gasteiger partial charge in [0.15, 0.2) is 0 Å². The SMILES string of the molecule is CC(CO)COC(=O)CC(=O)O. The van der Waals surface area contributed by atoms with E-state index in [4.69, 9.17) is 10.2 Å². The first kappa shape index (κ1) is 10.9. The first-order valence-electron chi connectivity index (χ1n) is 3.54. The fraction of sp³-hybridized carbons (Fsp3) is 0.714. The average molecular weight is 176 g/mol. The van der Waals surface area contributed by atoms with Crippen molar-refractivity contribution in [2.45, 2.75) is 13.3 Å². The summed E-state index contributed by atoms with van der Waals surface area (Å²) in [7, 11) is 0. The maximum absolute atomic E-state index is 10.6. The Morgan fingerprint density at radius 2 is 2.08 bits per heavy atom. The van der Waals surface area contributed by atoms with Crippen LogP contribution in [0.3, 0.4) is 0 Å². The predicted octanol–water partition coefficient (Wildman–Crippen LogP) is -0.367. The normalized spacial score (nSPS) is 12.2. The van der Waals surface area contributed by atoms with Crippen molar-refractivity contribution in [1.82, 2.24) is 0 Å². The molecule has 5 nitrogen and oxygen atoms in total. The van der Waals surface area contributed by atoms with Crippen LogP contribution in [-0.2, 0) is 14.3 Å². The number of rotatable bonds is 5. The summed E-state index contributed by atoms with van der Waals surface area (Å²) in [6.45, 7) is 1.66. The Hall–Kier alpha value is -1.10. The molecule has 70 valence electrons. The largest absolute Gasteiger partial charge is 0.481 e. The number of aliphatic carboxylic acids is 1. The van der Waals surface area contributed by atoms with E-state index in [9.17, 15) is 9.59 Å². The minimum Gasteiger partial charge on any atom is -0.481 e. The van der Waals surface area contributed by atoms with Gasteiger partial charge in [-0.1, -0.05) is 6.92 Å². The van der Waals surface area contributed by atoms with Crippen LogP contribution in [0.1, 0.15) is 13.3 Å². The van der Waals surface area contributed by atoms with Crippen molar-refractivity contribution in [1.29, 1.82) is 0 Å². The van der Waals surface area contributed by atoms with E-state index in [0.717, 1.165) is 0 Å². The summed E-state index contributed by atoms with van der Waals surface area (Å²) in [6.07, 6.45) is -0.627. The first-order valence-corrected chi connectivity index (χ1v) is 3.54. The second-order valence-corrected chi connectivity index (χ2v) is 2.54. The van der Waals surface area contributed by atoms with Crippen LogP contribution >= 0.6 is 0 Å². The standard InChI is InChI=1S/C7H12O5/c1-5(3-8)4-12-7(11)2-6(9)10/h5,8H,2-4H2,1H3,(H,9,10). The molecule has 0 spiro atoms. The number of ether oxygens (including phenoxy) is 1. The van der Waals surface area contributed by atoms with Crippen LogP contribution < -0.4 is 0 Å². The quantitative estimate of drug-likeness (QED) is 0.441. The molecule has 0 saturated heterocycles. The number of carbonyl (C=O) groups is 2. The van der Waals surface area contributed by atoms with Crippen LogP contribution in [0.25, 0.3) is 0 Å². The van der Waals surface area contributed by atoms with Crippen molar-refractivity contribution in [3.8, 4) is 0 Å². The lowest BCUT2D eigenvalue weighted by molar-refractivity contribution is -0.152. The molecule has 1 unspecified atom stereocenters. The summed E-state index contributed by atoms with van der Waals surface area (Å²) >= 11 is 0. The number of carboxylic acids is 1. The number of carbonyl (C=O) groups excluding carboxylic acids is 1. The summed E-state index contributed by atoms with van der Waals surface area (Å²) in [6, 6.07) is 0. The van der Waals surface area contributed by atoms with Gasteiger partial charge in [0.05, 0.1) is 6.61 Å². The number of carboxylic acid groups (broad SMARTS) is 1. The van der Waals surface area contributed by atoms with Gasteiger partial charge in [-0.2, -0.15) is 0 Å². The number of aliphatic hydroxyl groups is 1. The number of esters is 1. The number of aliphatic hydroxyl groups excluding tert-OH is 1. The maximum Gasteiger partial charge on any atom is 0.317 e. The molecular formula is C7H12O5. The first-order chi connectivity index (χ1) is 5.56. The van der Waals surface area contributed by atoms with E-state index in [1.165, 1.54) is 0 Å². The zero-order valence-corrected chi connectivity index (χ0v) is 6.82. The summed E-state index contributed by atoms with van der Waals surface area (Å²) in [5.41, 5.74) is 0. The lowest BCUT2D eigenvalue weighted by Crippen LogP contribution is -2.16. The Morgan fingerprint density at radius 3 is 2.50 bits per heavy atom. The molecule has 2 N–H and O–H groups in total. The third kappa shape index (κ3) is 5.67. The Morgan fingerprint density at radius 1 is 1.50 bits per heavy atom. The van der Waals surface area contributed by atoms with Crippen molar-refractivity contribution < 1.29 is 24.5 Å². The molecule has 0 saturated carbocycles. The van der Waals surface area contributed by atoms with Gasteiger partial charge in [0.2, 0.25) is 0 Å². The zero-order valence-electron chi connectivity index (χ0n) is 6.82. The highest BCUT2D eigenvalue weighted by Crippen LogP contribution is 1.95. The highest BCUT2D eigenvalue weighted by atomic mass is 16.5. The van der Waals surface area contributed by atoms with E-state index < -0.39 is 18.4 Å². The summed E-state index contributed by atoms with van der Waals surface area (Å²) in [5, 5.41) is 16.7. The minimum absolute atomic E-state index is 0.0581. The fourth-order valence-electron chi connectivity index (χ4n) is 0.462. The highest BCUT2D eigenvalue weighted by molar-refractivity contribution is 5.90. The molecule has 12 heavy (non-hydrogen) atoms. The number of hydrogen-bond donors (Lipinski definition) is 2. The van der Waals surface area contributed by atoms with E-state index in [-0.39, 0.29) is 19.1 Å². The third-order valence-corrected chi connectivity index (χ3v) is 1.14. The summed E-state index contributed by atoms with van der Waals surface area (Å²) in [5.74, 6) is -2.14. The molecule has 0 aliphatic carbocycles. The van der Waals surface area contributed by atoms with Gasteiger partial charge in [-0.15, -0.1) is 0 Å². The molecule has 0 radical (unpaired) electrons. The van der Waals surface area contributed by atoms with Gasteiger partial charge in [0, 0.05) is 12.5 Å². The Labute approximate surface area is 70.0 Å². The smallest absolute Gasteiger partial charge is 0.317 e. The van der Waals surface area contributed by atoms with Crippen LogP contribution in [0, 0.1) is 5.92 Å².